The summed E-state index contributed by atoms with van der Waals surface area (Å²) in [6, 6.07) is -1.06. The van der Waals surface area contributed by atoms with E-state index in [1.165, 1.54) is 0 Å². The van der Waals surface area contributed by atoms with E-state index in [0.29, 0.717) is 0 Å². The van der Waals surface area contributed by atoms with Crippen LogP contribution >= 0.6 is 15.9 Å². The van der Waals surface area contributed by atoms with Crippen LogP contribution in [0.4, 0.5) is 5.69 Å². The summed E-state index contributed by atoms with van der Waals surface area (Å²) >= 11 is 2.92. The van der Waals surface area contributed by atoms with Crippen molar-refractivity contribution >= 4 is 21.6 Å². The van der Waals surface area contributed by atoms with E-state index in [1.807, 2.05) is 0 Å². The molecule has 1 rings (SSSR count). The van der Waals surface area contributed by atoms with Gasteiger partial charge in [-0.15, -0.1) is 0 Å². The molecule has 2 heteroatoms. The van der Waals surface area contributed by atoms with Gasteiger partial charge in [0, 0.05) is 14.3 Å². The largest absolute Gasteiger partial charge is 0.399 e. The Hall–Kier alpha value is -0.500. The third-order valence-corrected chi connectivity index (χ3v) is 1.14. The fourth-order valence-electron chi connectivity index (χ4n) is 0.456. The Morgan fingerprint density at radius 1 is 1.67 bits per heavy atom. The van der Waals surface area contributed by atoms with Gasteiger partial charge in [0.1, 0.15) is 0 Å². The topological polar surface area (TPSA) is 26.0 Å². The standard InChI is InChI=1S/C7H8BrN/c1-5-2-6(8)4-7(9)3-5/h2-4H,9H2,1H3/i1D3,2D,3D,4D. The van der Waals surface area contributed by atoms with E-state index >= 15 is 0 Å². The van der Waals surface area contributed by atoms with Crippen LogP contribution in [0.5, 0.6) is 0 Å². The van der Waals surface area contributed by atoms with Gasteiger partial charge in [-0.05, 0) is 30.5 Å². The Bertz CT molecular complexity index is 384. The van der Waals surface area contributed by atoms with Gasteiger partial charge >= 0.3 is 0 Å². The van der Waals surface area contributed by atoms with Gasteiger partial charge in [-0.3, -0.25) is 0 Å². The maximum Gasteiger partial charge on any atom is 0.0656 e. The van der Waals surface area contributed by atoms with Gasteiger partial charge in [0.25, 0.3) is 0 Å². The highest BCUT2D eigenvalue weighted by Crippen LogP contribution is 2.15. The first-order valence-electron chi connectivity index (χ1n) is 5.23. The summed E-state index contributed by atoms with van der Waals surface area (Å²) in [6.45, 7) is -2.57. The molecular weight excluding hydrogens is 178 g/mol. The predicted octanol–water partition coefficient (Wildman–Crippen LogP) is 2.34. The van der Waals surface area contributed by atoms with Crippen LogP contribution in [0, 0.1) is 6.85 Å². The lowest BCUT2D eigenvalue weighted by atomic mass is 10.2. The molecule has 0 unspecified atom stereocenters. The molecular formula is C7H8BrN. The lowest BCUT2D eigenvalue weighted by Gasteiger charge is -1.95. The van der Waals surface area contributed by atoms with Crippen molar-refractivity contribution in [2.45, 2.75) is 6.85 Å². The number of hydrogen-bond donors (Lipinski definition) is 1. The second kappa shape index (κ2) is 2.40. The molecule has 0 heterocycles. The molecule has 2 N–H and O–H groups in total. The highest BCUT2D eigenvalue weighted by molar-refractivity contribution is 9.10. The highest BCUT2D eigenvalue weighted by Gasteiger charge is 1.89. The minimum absolute atomic E-state index is 0.00197. The predicted molar refractivity (Wildman–Crippen MR) is 43.3 cm³/mol. The van der Waals surface area contributed by atoms with E-state index in [0.717, 1.165) is 0 Å². The number of nitrogens with two attached hydrogens (primary N) is 1. The Balaban J connectivity index is 3.68. The van der Waals surface area contributed by atoms with Crippen LogP contribution in [0.25, 0.3) is 0 Å². The summed E-state index contributed by atoms with van der Waals surface area (Å²) in [6.07, 6.45) is 0. The fraction of sp³-hybridized carbons (Fsp3) is 0.143. The van der Waals surface area contributed by atoms with Crippen LogP contribution in [0.2, 0.25) is 0 Å². The molecule has 0 saturated heterocycles. The van der Waals surface area contributed by atoms with Crippen LogP contribution < -0.4 is 5.73 Å². The van der Waals surface area contributed by atoms with Crippen molar-refractivity contribution in [2.75, 3.05) is 5.73 Å². The minimum atomic E-state index is -2.57. The SMILES string of the molecule is [2H]c1c(N)c([2H])c(C([2H])([2H])[2H])c([2H])c1Br. The zero-order chi connectivity index (χ0) is 12.0. The lowest BCUT2D eigenvalue weighted by Crippen LogP contribution is -1.84. The average molecular weight is 192 g/mol. The van der Waals surface area contributed by atoms with Gasteiger partial charge in [-0.25, -0.2) is 0 Å². The van der Waals surface area contributed by atoms with E-state index in [4.69, 9.17) is 14.0 Å². The molecule has 48 valence electrons. The zero-order valence-corrected chi connectivity index (χ0v) is 6.04. The van der Waals surface area contributed by atoms with E-state index < -0.39 is 18.5 Å². The van der Waals surface area contributed by atoms with E-state index in [1.54, 1.807) is 0 Å². The molecule has 0 atom stereocenters. The van der Waals surface area contributed by atoms with Crippen LogP contribution in [0.3, 0.4) is 0 Å². The Morgan fingerprint density at radius 3 is 3.11 bits per heavy atom. The Kier molecular flexibility index (Phi) is 0.605. The minimum Gasteiger partial charge on any atom is -0.399 e. The average Bonchev–Trinajstić information content (AvgIpc) is 2.09. The van der Waals surface area contributed by atoms with Gasteiger partial charge in [0.2, 0.25) is 0 Å². The molecule has 0 spiro atoms. The monoisotopic (exact) mass is 191 g/mol. The summed E-state index contributed by atoms with van der Waals surface area (Å²) in [5.41, 5.74) is 4.75. The second-order valence-electron chi connectivity index (χ2n) is 1.48. The van der Waals surface area contributed by atoms with E-state index in [9.17, 15) is 0 Å². The Morgan fingerprint density at radius 2 is 2.44 bits per heavy atom. The molecule has 0 aliphatic heterocycles. The second-order valence-corrected chi connectivity index (χ2v) is 2.27. The van der Waals surface area contributed by atoms with Crippen molar-refractivity contribution in [3.8, 4) is 0 Å². The molecule has 1 nitrogen and oxygen atoms in total. The summed E-state index contributed by atoms with van der Waals surface area (Å²) < 4.78 is 44.0. The summed E-state index contributed by atoms with van der Waals surface area (Å²) in [5.74, 6) is 0. The van der Waals surface area contributed by atoms with Gasteiger partial charge < -0.3 is 5.73 Å². The number of benzene rings is 1. The number of hydrogen-bond acceptors (Lipinski definition) is 1. The molecule has 0 aliphatic rings. The normalized spacial score (nSPS) is 20.6. The smallest absolute Gasteiger partial charge is 0.0656 e. The molecule has 0 radical (unpaired) electrons. The number of rotatable bonds is 0. The highest BCUT2D eigenvalue weighted by atomic mass is 79.9. The molecule has 0 aliphatic carbocycles. The zero-order valence-electron chi connectivity index (χ0n) is 10.5. The summed E-state index contributed by atoms with van der Waals surface area (Å²) in [4.78, 5) is 0. The van der Waals surface area contributed by atoms with Crippen molar-refractivity contribution in [1.82, 2.24) is 0 Å². The van der Waals surface area contributed by atoms with E-state index in [-0.39, 0.29) is 22.2 Å². The van der Waals surface area contributed by atoms with Gasteiger partial charge in [-0.2, -0.15) is 0 Å². The third kappa shape index (κ3) is 1.72. The number of anilines is 1. The molecule has 0 bridgehead atoms. The first-order chi connectivity index (χ1) is 6.68. The van der Waals surface area contributed by atoms with Gasteiger partial charge in [0.05, 0.1) is 4.11 Å². The molecule has 9 heavy (non-hydrogen) atoms. The van der Waals surface area contributed by atoms with Gasteiger partial charge in [-0.1, -0.05) is 15.9 Å². The van der Waals surface area contributed by atoms with Crippen molar-refractivity contribution in [3.05, 3.63) is 28.2 Å². The number of halogens is 1. The lowest BCUT2D eigenvalue weighted by molar-refractivity contribution is 1.45. The van der Waals surface area contributed by atoms with Gasteiger partial charge in [0.15, 0.2) is 0 Å². The molecule has 1 aromatic carbocycles. The van der Waals surface area contributed by atoms with E-state index in [2.05, 4.69) is 15.9 Å². The third-order valence-electron chi connectivity index (χ3n) is 0.739. The maximum absolute atomic E-state index is 7.53. The molecule has 0 saturated carbocycles. The molecule has 0 amide bonds. The first-order valence-corrected chi connectivity index (χ1v) is 3.02. The van der Waals surface area contributed by atoms with Crippen molar-refractivity contribution in [3.63, 3.8) is 0 Å². The van der Waals surface area contributed by atoms with Crippen LogP contribution in [0.15, 0.2) is 22.6 Å². The van der Waals surface area contributed by atoms with Crippen LogP contribution in [0.1, 0.15) is 13.8 Å². The van der Waals surface area contributed by atoms with Crippen molar-refractivity contribution < 1.29 is 8.22 Å². The van der Waals surface area contributed by atoms with Crippen molar-refractivity contribution in [2.24, 2.45) is 0 Å². The maximum atomic E-state index is 7.53. The summed E-state index contributed by atoms with van der Waals surface area (Å²) in [5, 5.41) is 0. The quantitative estimate of drug-likeness (QED) is 0.627. The molecule has 0 aromatic heterocycles. The van der Waals surface area contributed by atoms with Crippen LogP contribution in [-0.2, 0) is 0 Å². The van der Waals surface area contributed by atoms with Crippen molar-refractivity contribution in [1.29, 1.82) is 0 Å². The first kappa shape index (κ1) is 2.27. The Labute approximate surface area is 71.4 Å². The molecule has 0 fully saturated rings. The molecule has 1 aromatic rings. The van der Waals surface area contributed by atoms with Crippen LogP contribution in [-0.4, -0.2) is 0 Å². The summed E-state index contributed by atoms with van der Waals surface area (Å²) in [7, 11) is 0. The fourth-order valence-corrected chi connectivity index (χ4v) is 0.868. The number of nitrogen functional groups attached to an aromatic ring is 1.